The smallest absolute Gasteiger partial charge is 0.119 e. The molecule has 0 saturated heterocycles. The molecule has 0 spiro atoms. The van der Waals surface area contributed by atoms with E-state index in [2.05, 4.69) is 0 Å². The van der Waals surface area contributed by atoms with Crippen molar-refractivity contribution >= 4 is 0 Å². The Morgan fingerprint density at radius 3 is 2.50 bits per heavy atom. The highest BCUT2D eigenvalue weighted by Crippen LogP contribution is 2.30. The molecule has 0 amide bonds. The lowest BCUT2D eigenvalue weighted by molar-refractivity contribution is 0.00888. The molecule has 0 aliphatic rings. The van der Waals surface area contributed by atoms with E-state index in [0.29, 0.717) is 0 Å². The first-order valence-corrected chi connectivity index (χ1v) is 4.85. The van der Waals surface area contributed by atoms with Crippen molar-refractivity contribution in [3.05, 3.63) is 29.8 Å². The summed E-state index contributed by atoms with van der Waals surface area (Å²) in [5, 5.41) is 10.2. The normalized spacial score (nSPS) is 15.3. The zero-order valence-electron chi connectivity index (χ0n) is 9.24. The van der Waals surface area contributed by atoms with Gasteiger partial charge in [-0.25, -0.2) is 0 Å². The van der Waals surface area contributed by atoms with E-state index in [1.54, 1.807) is 7.11 Å². The molecule has 2 nitrogen and oxygen atoms in total. The Hall–Kier alpha value is -1.02. The molecule has 1 N–H and O–H groups in total. The number of ether oxygens (including phenoxy) is 1. The van der Waals surface area contributed by atoms with Gasteiger partial charge in [0.05, 0.1) is 12.7 Å². The van der Waals surface area contributed by atoms with Crippen molar-refractivity contribution in [2.24, 2.45) is 5.92 Å². The van der Waals surface area contributed by atoms with Gasteiger partial charge >= 0.3 is 0 Å². The van der Waals surface area contributed by atoms with Crippen LogP contribution in [0.4, 0.5) is 0 Å². The summed E-state index contributed by atoms with van der Waals surface area (Å²) in [5.74, 6) is 0.957. The van der Waals surface area contributed by atoms with Crippen molar-refractivity contribution in [1.29, 1.82) is 0 Å². The number of rotatable bonds is 3. The van der Waals surface area contributed by atoms with E-state index in [-0.39, 0.29) is 5.92 Å². The van der Waals surface area contributed by atoms with Gasteiger partial charge in [-0.2, -0.15) is 0 Å². The van der Waals surface area contributed by atoms with Crippen LogP contribution >= 0.6 is 0 Å². The molecule has 1 aromatic carbocycles. The summed E-state index contributed by atoms with van der Waals surface area (Å²) in [6.45, 7) is 5.82. The summed E-state index contributed by atoms with van der Waals surface area (Å²) < 4.78 is 5.12. The van der Waals surface area contributed by atoms with Gasteiger partial charge in [-0.15, -0.1) is 0 Å². The van der Waals surface area contributed by atoms with Gasteiger partial charge in [0.15, 0.2) is 0 Å². The standard InChI is InChI=1S/C12H18O2/c1-9(2)12(3,13)10-6-5-7-11(8-10)14-4/h5-9,13H,1-4H3/t12-/m0/s1. The SMILES string of the molecule is COc1cccc([C@@](C)(O)C(C)C)c1. The second-order valence-corrected chi connectivity index (χ2v) is 4.03. The quantitative estimate of drug-likeness (QED) is 0.801. The van der Waals surface area contributed by atoms with Gasteiger partial charge in [0.25, 0.3) is 0 Å². The van der Waals surface area contributed by atoms with Gasteiger partial charge in [0, 0.05) is 0 Å². The van der Waals surface area contributed by atoms with Crippen LogP contribution in [0.25, 0.3) is 0 Å². The molecule has 78 valence electrons. The van der Waals surface area contributed by atoms with Gasteiger partial charge in [-0.05, 0) is 30.5 Å². The Balaban J connectivity index is 3.06. The molecule has 0 heterocycles. The summed E-state index contributed by atoms with van der Waals surface area (Å²) in [7, 11) is 1.63. The van der Waals surface area contributed by atoms with Gasteiger partial charge < -0.3 is 9.84 Å². The van der Waals surface area contributed by atoms with Crippen LogP contribution in [0.2, 0.25) is 0 Å². The fourth-order valence-electron chi connectivity index (χ4n) is 1.27. The van der Waals surface area contributed by atoms with Crippen molar-refractivity contribution in [3.8, 4) is 5.75 Å². The maximum absolute atomic E-state index is 10.2. The summed E-state index contributed by atoms with van der Waals surface area (Å²) in [6, 6.07) is 7.56. The topological polar surface area (TPSA) is 29.5 Å². The van der Waals surface area contributed by atoms with Gasteiger partial charge in [0.1, 0.15) is 5.75 Å². The monoisotopic (exact) mass is 194 g/mol. The lowest BCUT2D eigenvalue weighted by Gasteiger charge is -2.28. The number of hydrogen-bond donors (Lipinski definition) is 1. The van der Waals surface area contributed by atoms with E-state index < -0.39 is 5.60 Å². The predicted octanol–water partition coefficient (Wildman–Crippen LogP) is 2.56. The molecule has 1 aromatic rings. The zero-order chi connectivity index (χ0) is 10.8. The Morgan fingerprint density at radius 2 is 2.00 bits per heavy atom. The molecule has 0 bridgehead atoms. The Kier molecular flexibility index (Phi) is 3.17. The van der Waals surface area contributed by atoms with Crippen LogP contribution in [0.1, 0.15) is 26.3 Å². The maximum atomic E-state index is 10.2. The van der Waals surface area contributed by atoms with Crippen LogP contribution in [-0.4, -0.2) is 12.2 Å². The molecule has 1 atom stereocenters. The third-order valence-corrected chi connectivity index (χ3v) is 2.78. The molecule has 0 radical (unpaired) electrons. The minimum Gasteiger partial charge on any atom is -0.497 e. The van der Waals surface area contributed by atoms with Crippen LogP contribution in [0, 0.1) is 5.92 Å². The third kappa shape index (κ3) is 2.07. The minimum atomic E-state index is -0.797. The van der Waals surface area contributed by atoms with Crippen LogP contribution in [0.5, 0.6) is 5.75 Å². The van der Waals surface area contributed by atoms with Crippen molar-refractivity contribution < 1.29 is 9.84 Å². The average molecular weight is 194 g/mol. The van der Waals surface area contributed by atoms with Crippen LogP contribution in [0.15, 0.2) is 24.3 Å². The van der Waals surface area contributed by atoms with E-state index in [9.17, 15) is 5.11 Å². The Morgan fingerprint density at radius 1 is 1.36 bits per heavy atom. The summed E-state index contributed by atoms with van der Waals surface area (Å²) >= 11 is 0. The van der Waals surface area contributed by atoms with Crippen molar-refractivity contribution in [1.82, 2.24) is 0 Å². The van der Waals surface area contributed by atoms with E-state index in [4.69, 9.17) is 4.74 Å². The number of aliphatic hydroxyl groups is 1. The molecule has 0 aliphatic carbocycles. The zero-order valence-corrected chi connectivity index (χ0v) is 9.24. The second-order valence-electron chi connectivity index (χ2n) is 4.03. The van der Waals surface area contributed by atoms with Gasteiger partial charge in [0.2, 0.25) is 0 Å². The van der Waals surface area contributed by atoms with E-state index in [0.717, 1.165) is 11.3 Å². The number of benzene rings is 1. The van der Waals surface area contributed by atoms with Crippen LogP contribution in [-0.2, 0) is 5.60 Å². The Bertz CT molecular complexity index is 303. The summed E-state index contributed by atoms with van der Waals surface area (Å²) in [4.78, 5) is 0. The highest BCUT2D eigenvalue weighted by atomic mass is 16.5. The molecule has 2 heteroatoms. The van der Waals surface area contributed by atoms with Gasteiger partial charge in [-0.3, -0.25) is 0 Å². The van der Waals surface area contributed by atoms with E-state index in [1.807, 2.05) is 45.0 Å². The first kappa shape index (κ1) is 11.1. The average Bonchev–Trinajstić information content (AvgIpc) is 2.17. The number of methoxy groups -OCH3 is 1. The fourth-order valence-corrected chi connectivity index (χ4v) is 1.27. The lowest BCUT2D eigenvalue weighted by Crippen LogP contribution is -2.27. The lowest BCUT2D eigenvalue weighted by atomic mass is 9.85. The van der Waals surface area contributed by atoms with Gasteiger partial charge in [-0.1, -0.05) is 26.0 Å². The van der Waals surface area contributed by atoms with Crippen LogP contribution in [0.3, 0.4) is 0 Å². The summed E-state index contributed by atoms with van der Waals surface area (Å²) in [6.07, 6.45) is 0. The first-order chi connectivity index (χ1) is 6.48. The fraction of sp³-hybridized carbons (Fsp3) is 0.500. The molecule has 1 rings (SSSR count). The van der Waals surface area contributed by atoms with Crippen molar-refractivity contribution in [3.63, 3.8) is 0 Å². The highest BCUT2D eigenvalue weighted by molar-refractivity contribution is 5.32. The third-order valence-electron chi connectivity index (χ3n) is 2.78. The highest BCUT2D eigenvalue weighted by Gasteiger charge is 2.27. The summed E-state index contributed by atoms with van der Waals surface area (Å²) in [5.41, 5.74) is 0.0981. The first-order valence-electron chi connectivity index (χ1n) is 4.85. The van der Waals surface area contributed by atoms with Crippen molar-refractivity contribution in [2.45, 2.75) is 26.4 Å². The molecule has 14 heavy (non-hydrogen) atoms. The van der Waals surface area contributed by atoms with E-state index in [1.165, 1.54) is 0 Å². The molecular weight excluding hydrogens is 176 g/mol. The molecule has 0 aliphatic heterocycles. The molecule has 0 unspecified atom stereocenters. The maximum Gasteiger partial charge on any atom is 0.119 e. The number of hydrogen-bond acceptors (Lipinski definition) is 2. The predicted molar refractivity (Wildman–Crippen MR) is 57.4 cm³/mol. The molecular formula is C12H18O2. The van der Waals surface area contributed by atoms with Crippen LogP contribution < -0.4 is 4.74 Å². The second kappa shape index (κ2) is 4.01. The molecule has 0 saturated carbocycles. The molecule has 0 aromatic heterocycles. The van der Waals surface area contributed by atoms with E-state index >= 15 is 0 Å². The molecule has 0 fully saturated rings. The largest absolute Gasteiger partial charge is 0.497 e. The minimum absolute atomic E-state index is 0.176. The van der Waals surface area contributed by atoms with Crippen molar-refractivity contribution in [2.75, 3.05) is 7.11 Å². The Labute approximate surface area is 85.5 Å².